The van der Waals surface area contributed by atoms with Crippen LogP contribution in [0.3, 0.4) is 0 Å². The van der Waals surface area contributed by atoms with Gasteiger partial charge in [0.1, 0.15) is 23.7 Å². The van der Waals surface area contributed by atoms with E-state index >= 15 is 0 Å². The van der Waals surface area contributed by atoms with E-state index < -0.39 is 47.4 Å². The molecule has 4 rings (SSSR count). The lowest BCUT2D eigenvalue weighted by Crippen LogP contribution is -2.71. The second-order valence-electron chi connectivity index (χ2n) is 10.3. The van der Waals surface area contributed by atoms with Gasteiger partial charge in [-0.1, -0.05) is 16.9 Å². The molecule has 2 aromatic rings. The van der Waals surface area contributed by atoms with Gasteiger partial charge in [0.25, 0.3) is 11.8 Å². The number of nitrogen functional groups attached to an aromatic ring is 1. The quantitative estimate of drug-likeness (QED) is 0.0459. The molecule has 4 heterocycles. The van der Waals surface area contributed by atoms with Gasteiger partial charge in [0.05, 0.1) is 5.41 Å². The predicted molar refractivity (Wildman–Crippen MR) is 166 cm³/mol. The number of nitrogens with one attached hydrogen (secondary N) is 1. The summed E-state index contributed by atoms with van der Waals surface area (Å²) in [5, 5.41) is 17.8. The second kappa shape index (κ2) is 15.7. The number of hydrogen-bond donors (Lipinski definition) is 3. The van der Waals surface area contributed by atoms with E-state index in [1.54, 1.807) is 27.8 Å². The number of oxime groups is 1. The normalized spacial score (nSPS) is 18.0. The summed E-state index contributed by atoms with van der Waals surface area (Å²) in [6.07, 6.45) is 0.494. The van der Waals surface area contributed by atoms with Gasteiger partial charge >= 0.3 is 11.9 Å². The van der Waals surface area contributed by atoms with E-state index in [0.717, 1.165) is 11.5 Å². The number of fused-ring (bicyclic) bond motifs is 1. The minimum atomic E-state index is -1.02. The Labute approximate surface area is 276 Å². The van der Waals surface area contributed by atoms with E-state index in [-0.39, 0.29) is 47.1 Å². The van der Waals surface area contributed by atoms with E-state index in [2.05, 4.69) is 35.4 Å². The number of amides is 2. The number of β-lactam (4-membered cyclic amide) rings is 1. The number of ether oxygens (including phenoxy) is 2. The Kier molecular flexibility index (Phi) is 12.5. The molecule has 1 unspecified atom stereocenters. The van der Waals surface area contributed by atoms with Gasteiger partial charge in [-0.2, -0.15) is 9.36 Å². The van der Waals surface area contributed by atoms with Crippen molar-refractivity contribution >= 4 is 82.1 Å². The molecule has 45 heavy (non-hydrogen) atoms. The number of rotatable bonds is 13. The third-order valence-electron chi connectivity index (χ3n) is 5.94. The highest BCUT2D eigenvalue weighted by molar-refractivity contribution is 8.01. The van der Waals surface area contributed by atoms with Crippen molar-refractivity contribution in [3.63, 3.8) is 0 Å². The molecule has 2 aliphatic rings. The fourth-order valence-electron chi connectivity index (χ4n) is 3.68. The number of aryl methyl sites for hydroxylation is 1. The Morgan fingerprint density at radius 2 is 2.00 bits per heavy atom. The topological polar surface area (TPSA) is 245 Å². The lowest BCUT2D eigenvalue weighted by molar-refractivity contribution is -0.173. The third-order valence-corrected chi connectivity index (χ3v) is 8.92. The van der Waals surface area contributed by atoms with Crippen LogP contribution in [0.15, 0.2) is 21.6 Å². The lowest BCUT2D eigenvalue weighted by Gasteiger charge is -2.49. The molecule has 2 aliphatic heterocycles. The maximum absolute atomic E-state index is 13.4. The zero-order valence-corrected chi connectivity index (χ0v) is 27.9. The van der Waals surface area contributed by atoms with Crippen LogP contribution < -0.4 is 16.8 Å². The number of halogens is 1. The highest BCUT2D eigenvalue weighted by Crippen LogP contribution is 2.42. The number of thioether (sulfide) groups is 2. The Morgan fingerprint density at radius 1 is 1.24 bits per heavy atom. The van der Waals surface area contributed by atoms with E-state index in [0.29, 0.717) is 29.4 Å². The van der Waals surface area contributed by atoms with Gasteiger partial charge in [-0.05, 0) is 49.7 Å². The first-order chi connectivity index (χ1) is 20.9. The Hall–Kier alpha value is -3.53. The molecule has 1 fully saturated rings. The first-order valence-electron chi connectivity index (χ1n) is 13.1. The molecule has 2 amide bonds. The molecule has 18 nitrogen and oxygen atoms in total. The van der Waals surface area contributed by atoms with Gasteiger partial charge in [0, 0.05) is 30.1 Å². The van der Waals surface area contributed by atoms with Crippen LogP contribution in [0.2, 0.25) is 0 Å². The molecular weight excluding hydrogens is 674 g/mol. The van der Waals surface area contributed by atoms with Crippen LogP contribution in [0.25, 0.3) is 0 Å². The molecular formula is C23H32ClN11O7S3. The van der Waals surface area contributed by atoms with Gasteiger partial charge in [0.15, 0.2) is 5.13 Å². The van der Waals surface area contributed by atoms with Crippen LogP contribution >= 0.6 is 47.5 Å². The number of aromatic nitrogens is 6. The smallest absolute Gasteiger partial charge is 0.357 e. The SMILES string of the molecule is Cl.Cn1nnnc1SCC1=C(C(=O)OCOC(=O)C(C)(C)C)N2C(=O)C(NC(=O)C(=NOCCCN)c3nsc(N)n3)[C@H]2SC1. The zero-order valence-electron chi connectivity index (χ0n) is 24.6. The minimum absolute atomic E-state index is 0. The van der Waals surface area contributed by atoms with Crippen molar-refractivity contribution in [2.45, 2.75) is 43.8 Å². The number of carbonyl (C=O) groups excluding carboxylic acids is 4. The van der Waals surface area contributed by atoms with Crippen LogP contribution in [0.1, 0.15) is 33.0 Å². The van der Waals surface area contributed by atoms with Crippen LogP contribution in [0.5, 0.6) is 0 Å². The summed E-state index contributed by atoms with van der Waals surface area (Å²) in [5.41, 5.74) is 10.6. The number of hydrogen-bond acceptors (Lipinski definition) is 18. The molecule has 1 saturated heterocycles. The lowest BCUT2D eigenvalue weighted by atomic mass is 9.98. The first kappa shape index (κ1) is 35.9. The third kappa shape index (κ3) is 8.60. The molecule has 0 aliphatic carbocycles. The van der Waals surface area contributed by atoms with Crippen molar-refractivity contribution in [2.75, 3.05) is 37.2 Å². The minimum Gasteiger partial charge on any atom is -0.427 e. The van der Waals surface area contributed by atoms with Gasteiger partial charge in [-0.15, -0.1) is 29.3 Å². The van der Waals surface area contributed by atoms with Crippen molar-refractivity contribution < 1.29 is 33.5 Å². The Morgan fingerprint density at radius 3 is 2.62 bits per heavy atom. The molecule has 22 heteroatoms. The van der Waals surface area contributed by atoms with Crippen LogP contribution in [-0.4, -0.2) is 107 Å². The van der Waals surface area contributed by atoms with E-state index in [4.69, 9.17) is 25.8 Å². The summed E-state index contributed by atoms with van der Waals surface area (Å²) in [6.45, 7) is 4.85. The second-order valence-corrected chi connectivity index (χ2v) is 13.1. The summed E-state index contributed by atoms with van der Waals surface area (Å²) in [4.78, 5) is 62.6. The summed E-state index contributed by atoms with van der Waals surface area (Å²) in [5.74, 6) is -2.25. The Balaban J connectivity index is 0.00000552. The number of nitrogens with two attached hydrogens (primary N) is 2. The van der Waals surface area contributed by atoms with Crippen LogP contribution in [-0.2, 0) is 40.5 Å². The Bertz CT molecular complexity index is 1480. The molecule has 246 valence electrons. The maximum atomic E-state index is 13.4. The molecule has 0 aromatic carbocycles. The fourth-order valence-corrected chi connectivity index (χ4v) is 6.45. The van der Waals surface area contributed by atoms with Crippen LogP contribution in [0.4, 0.5) is 5.13 Å². The number of anilines is 1. The average molecular weight is 706 g/mol. The fraction of sp³-hybridized carbons (Fsp3) is 0.565. The number of carbonyl (C=O) groups is 4. The van der Waals surface area contributed by atoms with Crippen molar-refractivity contribution in [3.8, 4) is 0 Å². The highest BCUT2D eigenvalue weighted by Gasteiger charge is 2.55. The standard InChI is InChI=1S/C23H31N11O7S3.ClH/c1-23(2,3)20(38)40-10-39-19(37)14-11(9-43-22-28-31-32-33(22)4)8-42-18-13(17(36)34(14)18)26-16(35)12(29-41-7-5-6-24)15-27-21(25)44-30-15;/h13,18H,5-10,24H2,1-4H3,(H,26,35)(H2,25,27,30);1H/t13?,18-;/m1./s1. The molecule has 0 radical (unpaired) electrons. The number of nitrogens with zero attached hydrogens (tertiary/aromatic N) is 8. The van der Waals surface area contributed by atoms with Crippen molar-refractivity contribution in [1.29, 1.82) is 0 Å². The predicted octanol–water partition coefficient (Wildman–Crippen LogP) is -0.329. The van der Waals surface area contributed by atoms with E-state index in [1.807, 2.05) is 0 Å². The molecule has 5 N–H and O–H groups in total. The first-order valence-corrected chi connectivity index (χ1v) is 15.9. The monoisotopic (exact) mass is 705 g/mol. The summed E-state index contributed by atoms with van der Waals surface area (Å²) in [7, 11) is 1.67. The van der Waals surface area contributed by atoms with Gasteiger partial charge < -0.3 is 31.1 Å². The van der Waals surface area contributed by atoms with Crippen molar-refractivity contribution in [3.05, 3.63) is 17.1 Å². The summed E-state index contributed by atoms with van der Waals surface area (Å²) < 4.78 is 15.8. The molecule has 0 saturated carbocycles. The average Bonchev–Trinajstić information content (AvgIpc) is 3.60. The summed E-state index contributed by atoms with van der Waals surface area (Å²) in [6, 6.07) is -1.02. The van der Waals surface area contributed by atoms with E-state index in [1.165, 1.54) is 33.1 Å². The number of tetrazole rings is 1. The van der Waals surface area contributed by atoms with Gasteiger partial charge in [-0.3, -0.25) is 19.3 Å². The molecule has 2 aromatic heterocycles. The molecule has 2 atom stereocenters. The van der Waals surface area contributed by atoms with E-state index in [9.17, 15) is 19.2 Å². The van der Waals surface area contributed by atoms with Crippen LogP contribution in [0, 0.1) is 5.41 Å². The molecule has 0 bridgehead atoms. The maximum Gasteiger partial charge on any atom is 0.357 e. The largest absolute Gasteiger partial charge is 0.427 e. The zero-order chi connectivity index (χ0) is 32.0. The van der Waals surface area contributed by atoms with Gasteiger partial charge in [-0.25, -0.2) is 9.48 Å². The summed E-state index contributed by atoms with van der Waals surface area (Å²) >= 11 is 3.47. The molecule has 0 spiro atoms. The number of esters is 2. The van der Waals surface area contributed by atoms with Gasteiger partial charge in [0.2, 0.25) is 23.5 Å². The highest BCUT2D eigenvalue weighted by atomic mass is 35.5. The van der Waals surface area contributed by atoms with Crippen molar-refractivity contribution in [1.82, 2.24) is 39.8 Å². The van der Waals surface area contributed by atoms with Crippen molar-refractivity contribution in [2.24, 2.45) is 23.4 Å².